The van der Waals surface area contributed by atoms with Crippen molar-refractivity contribution in [1.82, 2.24) is 9.97 Å². The van der Waals surface area contributed by atoms with Gasteiger partial charge in [-0.05, 0) is 10.8 Å². The molecule has 5 aromatic rings. The molecule has 0 amide bonds. The summed E-state index contributed by atoms with van der Waals surface area (Å²) in [6.07, 6.45) is 0. The van der Waals surface area contributed by atoms with E-state index >= 15 is 0 Å². The van der Waals surface area contributed by atoms with E-state index in [9.17, 15) is 4.79 Å². The van der Waals surface area contributed by atoms with Gasteiger partial charge in [0, 0.05) is 22.3 Å². The second-order valence-corrected chi connectivity index (χ2v) is 7.39. The number of hydrogen-bond acceptors (Lipinski definition) is 3. The molecule has 0 N–H and O–H groups in total. The van der Waals surface area contributed by atoms with E-state index in [1.807, 2.05) is 78.9 Å². The molecule has 4 aromatic carbocycles. The predicted molar refractivity (Wildman–Crippen MR) is 119 cm³/mol. The van der Waals surface area contributed by atoms with Crippen LogP contribution in [-0.4, -0.2) is 15.8 Å². The van der Waals surface area contributed by atoms with Crippen LogP contribution in [0.1, 0.15) is 15.9 Å². The van der Waals surface area contributed by atoms with Gasteiger partial charge in [0.15, 0.2) is 11.6 Å². The van der Waals surface area contributed by atoms with Crippen molar-refractivity contribution in [3.63, 3.8) is 0 Å². The highest BCUT2D eigenvalue weighted by atomic mass is 16.1. The molecule has 0 unspecified atom stereocenters. The summed E-state index contributed by atoms with van der Waals surface area (Å²) in [4.78, 5) is 23.2. The standard InChI is InChI=1S/C27H16N2O/c30-26-22-15-7-6-14-21(22)25-23(26)24(28-27(29-25)18-10-2-1-3-11-18)20-16-8-12-17-9-4-5-13-19(17)20/h1-16H. The Balaban J connectivity index is 1.73. The van der Waals surface area contributed by atoms with Crippen LogP contribution in [0, 0.1) is 0 Å². The molecule has 6 rings (SSSR count). The SMILES string of the molecule is O=C1c2ccccc2-c2nc(-c3ccccc3)nc(-c3cccc4ccccc34)c21. The molecule has 1 aliphatic carbocycles. The van der Waals surface area contributed by atoms with Gasteiger partial charge < -0.3 is 0 Å². The second kappa shape index (κ2) is 6.46. The molecule has 0 saturated carbocycles. The van der Waals surface area contributed by atoms with Crippen LogP contribution in [0.2, 0.25) is 0 Å². The number of fused-ring (bicyclic) bond motifs is 4. The van der Waals surface area contributed by atoms with Crippen LogP contribution in [-0.2, 0) is 0 Å². The van der Waals surface area contributed by atoms with Crippen molar-refractivity contribution in [2.45, 2.75) is 0 Å². The number of benzene rings is 4. The maximum Gasteiger partial charge on any atom is 0.198 e. The first-order chi connectivity index (χ1) is 14.8. The molecule has 140 valence electrons. The van der Waals surface area contributed by atoms with E-state index in [1.54, 1.807) is 0 Å². The van der Waals surface area contributed by atoms with E-state index in [1.165, 1.54) is 0 Å². The Morgan fingerprint density at radius 2 is 1.13 bits per heavy atom. The third kappa shape index (κ3) is 2.42. The monoisotopic (exact) mass is 384 g/mol. The van der Waals surface area contributed by atoms with Crippen LogP contribution in [0.3, 0.4) is 0 Å². The summed E-state index contributed by atoms with van der Waals surface area (Å²) < 4.78 is 0. The summed E-state index contributed by atoms with van der Waals surface area (Å²) in [5, 5.41) is 2.19. The van der Waals surface area contributed by atoms with Crippen LogP contribution in [0.4, 0.5) is 0 Å². The van der Waals surface area contributed by atoms with Crippen molar-refractivity contribution in [1.29, 1.82) is 0 Å². The van der Waals surface area contributed by atoms with Crippen molar-refractivity contribution in [3.8, 4) is 33.9 Å². The van der Waals surface area contributed by atoms with Crippen LogP contribution in [0.15, 0.2) is 97.1 Å². The van der Waals surface area contributed by atoms with E-state index in [4.69, 9.17) is 9.97 Å². The van der Waals surface area contributed by atoms with Gasteiger partial charge in [-0.1, -0.05) is 97.1 Å². The van der Waals surface area contributed by atoms with E-state index in [2.05, 4.69) is 18.2 Å². The third-order valence-corrected chi connectivity index (χ3v) is 5.64. The summed E-state index contributed by atoms with van der Waals surface area (Å²) in [7, 11) is 0. The molecule has 1 aromatic heterocycles. The zero-order valence-electron chi connectivity index (χ0n) is 16.0. The number of rotatable bonds is 2. The van der Waals surface area contributed by atoms with Gasteiger partial charge in [0.05, 0.1) is 17.0 Å². The van der Waals surface area contributed by atoms with Gasteiger partial charge >= 0.3 is 0 Å². The second-order valence-electron chi connectivity index (χ2n) is 7.39. The predicted octanol–water partition coefficient (Wildman–Crippen LogP) is 6.18. The Hall–Kier alpha value is -4.11. The van der Waals surface area contributed by atoms with Crippen LogP contribution in [0.25, 0.3) is 44.7 Å². The molecular formula is C27H16N2O. The minimum Gasteiger partial charge on any atom is -0.288 e. The Morgan fingerprint density at radius 1 is 0.533 bits per heavy atom. The van der Waals surface area contributed by atoms with Gasteiger partial charge in [-0.3, -0.25) is 4.79 Å². The zero-order chi connectivity index (χ0) is 20.1. The lowest BCUT2D eigenvalue weighted by molar-refractivity contribution is 0.104. The number of carbonyl (C=O) groups is 1. The Labute approximate surface area is 173 Å². The van der Waals surface area contributed by atoms with E-state index in [-0.39, 0.29) is 5.78 Å². The Kier molecular flexibility index (Phi) is 3.62. The molecule has 0 bridgehead atoms. The Morgan fingerprint density at radius 3 is 1.97 bits per heavy atom. The van der Waals surface area contributed by atoms with Gasteiger partial charge in [-0.15, -0.1) is 0 Å². The Bertz CT molecular complexity index is 1450. The number of aromatic nitrogens is 2. The quantitative estimate of drug-likeness (QED) is 0.358. The van der Waals surface area contributed by atoms with Crippen molar-refractivity contribution in [3.05, 3.63) is 108 Å². The van der Waals surface area contributed by atoms with Gasteiger partial charge in [0.25, 0.3) is 0 Å². The first-order valence-corrected chi connectivity index (χ1v) is 9.91. The maximum atomic E-state index is 13.4. The number of carbonyl (C=O) groups excluding carboxylic acids is 1. The highest BCUT2D eigenvalue weighted by Gasteiger charge is 2.33. The van der Waals surface area contributed by atoms with Crippen molar-refractivity contribution in [2.24, 2.45) is 0 Å². The zero-order valence-corrected chi connectivity index (χ0v) is 16.0. The summed E-state index contributed by atoms with van der Waals surface area (Å²) in [5.41, 5.74) is 5.44. The van der Waals surface area contributed by atoms with Gasteiger partial charge in [0.2, 0.25) is 0 Å². The van der Waals surface area contributed by atoms with Gasteiger partial charge in [-0.2, -0.15) is 0 Å². The first kappa shape index (κ1) is 16.8. The van der Waals surface area contributed by atoms with E-state index in [0.717, 1.165) is 27.5 Å². The van der Waals surface area contributed by atoms with Crippen LogP contribution < -0.4 is 0 Å². The van der Waals surface area contributed by atoms with Gasteiger partial charge in [-0.25, -0.2) is 9.97 Å². The number of hydrogen-bond donors (Lipinski definition) is 0. The van der Waals surface area contributed by atoms with Crippen molar-refractivity contribution >= 4 is 16.6 Å². The largest absolute Gasteiger partial charge is 0.288 e. The number of ketones is 1. The maximum absolute atomic E-state index is 13.4. The fourth-order valence-corrected chi connectivity index (χ4v) is 4.24. The van der Waals surface area contributed by atoms with Crippen molar-refractivity contribution in [2.75, 3.05) is 0 Å². The molecular weight excluding hydrogens is 368 g/mol. The topological polar surface area (TPSA) is 42.9 Å². The highest BCUT2D eigenvalue weighted by molar-refractivity contribution is 6.24. The summed E-state index contributed by atoms with van der Waals surface area (Å²) >= 11 is 0. The minimum atomic E-state index is -0.0110. The fraction of sp³-hybridized carbons (Fsp3) is 0. The minimum absolute atomic E-state index is 0.0110. The molecule has 0 atom stereocenters. The van der Waals surface area contributed by atoms with Gasteiger partial charge in [0.1, 0.15) is 0 Å². The lowest BCUT2D eigenvalue weighted by Gasteiger charge is -2.12. The highest BCUT2D eigenvalue weighted by Crippen LogP contribution is 2.42. The van der Waals surface area contributed by atoms with Crippen LogP contribution >= 0.6 is 0 Å². The lowest BCUT2D eigenvalue weighted by atomic mass is 9.97. The van der Waals surface area contributed by atoms with Crippen molar-refractivity contribution < 1.29 is 4.79 Å². The molecule has 3 heteroatoms. The molecule has 30 heavy (non-hydrogen) atoms. The van der Waals surface area contributed by atoms with E-state index < -0.39 is 0 Å². The summed E-state index contributed by atoms with van der Waals surface area (Å²) in [6, 6.07) is 31.9. The molecule has 0 fully saturated rings. The average molecular weight is 384 g/mol. The smallest absolute Gasteiger partial charge is 0.198 e. The van der Waals surface area contributed by atoms with Crippen LogP contribution in [0.5, 0.6) is 0 Å². The number of nitrogens with zero attached hydrogens (tertiary/aromatic N) is 2. The molecule has 1 aliphatic rings. The molecule has 0 spiro atoms. The summed E-state index contributed by atoms with van der Waals surface area (Å²) in [5.74, 6) is 0.616. The molecule has 0 saturated heterocycles. The first-order valence-electron chi connectivity index (χ1n) is 9.91. The third-order valence-electron chi connectivity index (χ3n) is 5.64. The molecule has 0 aliphatic heterocycles. The lowest BCUT2D eigenvalue weighted by Crippen LogP contribution is -2.04. The molecule has 0 radical (unpaired) electrons. The average Bonchev–Trinajstić information content (AvgIpc) is 3.11. The fourth-order valence-electron chi connectivity index (χ4n) is 4.24. The molecule has 1 heterocycles. The molecule has 3 nitrogen and oxygen atoms in total. The van der Waals surface area contributed by atoms with E-state index in [0.29, 0.717) is 28.3 Å². The normalized spacial score (nSPS) is 12.1. The summed E-state index contributed by atoms with van der Waals surface area (Å²) in [6.45, 7) is 0.